The van der Waals surface area contributed by atoms with Crippen LogP contribution in [0.1, 0.15) is 31.3 Å². The lowest BCUT2D eigenvalue weighted by Crippen LogP contribution is -2.46. The quantitative estimate of drug-likeness (QED) is 0.502. The highest BCUT2D eigenvalue weighted by Gasteiger charge is 2.33. The maximum Gasteiger partial charge on any atom is 0.414 e. The molecule has 192 valence electrons. The molecule has 1 aromatic carbocycles. The maximum atomic E-state index is 15.0. The van der Waals surface area contributed by atoms with Crippen LogP contribution >= 0.6 is 0 Å². The molecule has 2 aromatic rings. The van der Waals surface area contributed by atoms with Gasteiger partial charge in [-0.2, -0.15) is 0 Å². The minimum atomic E-state index is -0.512. The Morgan fingerprint density at radius 2 is 2.03 bits per heavy atom. The summed E-state index contributed by atoms with van der Waals surface area (Å²) in [6.45, 7) is 9.31. The number of benzene rings is 1. The van der Waals surface area contributed by atoms with Crippen molar-refractivity contribution in [2.45, 2.75) is 32.4 Å². The first-order valence-electron chi connectivity index (χ1n) is 12.0. The molecular formula is C26H32FN5O4. The molecule has 0 radical (unpaired) electrons. The third-order valence-corrected chi connectivity index (χ3v) is 6.22. The van der Waals surface area contributed by atoms with E-state index in [0.29, 0.717) is 68.4 Å². The van der Waals surface area contributed by atoms with Crippen molar-refractivity contribution < 1.29 is 23.1 Å². The van der Waals surface area contributed by atoms with Gasteiger partial charge in [0.2, 0.25) is 0 Å². The zero-order valence-electron chi connectivity index (χ0n) is 20.5. The maximum absolute atomic E-state index is 15.0. The van der Waals surface area contributed by atoms with Crippen LogP contribution in [0.3, 0.4) is 0 Å². The molecular weight excluding hydrogens is 465 g/mol. The van der Waals surface area contributed by atoms with Crippen molar-refractivity contribution in [2.24, 2.45) is 10.7 Å². The van der Waals surface area contributed by atoms with Crippen LogP contribution in [0.15, 0.2) is 52.0 Å². The van der Waals surface area contributed by atoms with E-state index in [1.165, 1.54) is 17.9 Å². The van der Waals surface area contributed by atoms with E-state index < -0.39 is 6.09 Å². The number of furan rings is 1. The minimum absolute atomic E-state index is 0.0496. The number of hydrogen-bond acceptors (Lipinski definition) is 8. The highest BCUT2D eigenvalue weighted by Crippen LogP contribution is 2.29. The highest BCUT2D eigenvalue weighted by atomic mass is 19.1. The van der Waals surface area contributed by atoms with Crippen molar-refractivity contribution in [3.63, 3.8) is 0 Å². The SMILES string of the molecule is C=C(N)CN=Cc1ccc(CN2CCN(c3ccc(N4C[C@H](CCC(C)=O)OC4=O)cc3F)CC2)o1. The summed E-state index contributed by atoms with van der Waals surface area (Å²) in [6, 6.07) is 8.63. The number of halogens is 1. The Kier molecular flexibility index (Phi) is 8.04. The fourth-order valence-corrected chi connectivity index (χ4v) is 4.34. The smallest absolute Gasteiger partial charge is 0.414 e. The summed E-state index contributed by atoms with van der Waals surface area (Å²) < 4.78 is 26.2. The van der Waals surface area contributed by atoms with E-state index in [1.54, 1.807) is 18.3 Å². The average Bonchev–Trinajstić information content (AvgIpc) is 3.44. The number of ketones is 1. The number of rotatable bonds is 10. The number of carbonyl (C=O) groups is 2. The number of cyclic esters (lactones) is 1. The molecule has 1 amide bonds. The number of amides is 1. The zero-order valence-corrected chi connectivity index (χ0v) is 20.5. The second-order valence-corrected chi connectivity index (χ2v) is 9.19. The van der Waals surface area contributed by atoms with E-state index in [4.69, 9.17) is 14.9 Å². The number of nitrogens with zero attached hydrogens (tertiary/aromatic N) is 4. The molecule has 2 aliphatic heterocycles. The molecule has 2 saturated heterocycles. The van der Waals surface area contributed by atoms with Crippen LogP contribution in [-0.4, -0.2) is 68.4 Å². The van der Waals surface area contributed by atoms with Crippen molar-refractivity contribution >= 4 is 29.5 Å². The van der Waals surface area contributed by atoms with Crippen molar-refractivity contribution in [3.05, 3.63) is 59.9 Å². The lowest BCUT2D eigenvalue weighted by Gasteiger charge is -2.36. The molecule has 3 heterocycles. The minimum Gasteiger partial charge on any atom is -0.459 e. The van der Waals surface area contributed by atoms with Gasteiger partial charge in [-0.15, -0.1) is 0 Å². The second-order valence-electron chi connectivity index (χ2n) is 9.19. The molecule has 1 aromatic heterocycles. The van der Waals surface area contributed by atoms with E-state index in [2.05, 4.69) is 16.5 Å². The first kappa shape index (κ1) is 25.4. The normalized spacial score (nSPS) is 18.7. The van der Waals surface area contributed by atoms with Gasteiger partial charge in [0.25, 0.3) is 0 Å². The molecule has 2 aliphatic rings. The number of Topliss-reactive ketones (excluding diaryl/α,β-unsaturated/α-hetero) is 1. The molecule has 2 fully saturated rings. The Morgan fingerprint density at radius 1 is 1.25 bits per heavy atom. The standard InChI is InChI=1S/C26H32FN5O4/c1-18(28)14-29-15-21-6-7-22(35-21)16-30-9-11-31(12-10-30)25-8-4-20(13-24(25)27)32-17-23(36-26(32)34)5-3-19(2)33/h4,6-8,13,15,23H,1,3,5,9-12,14,16-17,28H2,2H3/t23-/m0/s1. The number of ether oxygens (including phenoxy) is 1. The summed E-state index contributed by atoms with van der Waals surface area (Å²) in [7, 11) is 0. The molecule has 0 spiro atoms. The first-order valence-corrected chi connectivity index (χ1v) is 12.0. The van der Waals surface area contributed by atoms with Gasteiger partial charge in [-0.25, -0.2) is 9.18 Å². The van der Waals surface area contributed by atoms with Crippen LogP contribution in [0.4, 0.5) is 20.6 Å². The van der Waals surface area contributed by atoms with E-state index in [-0.39, 0.29) is 17.7 Å². The molecule has 36 heavy (non-hydrogen) atoms. The predicted molar refractivity (Wildman–Crippen MR) is 136 cm³/mol. The van der Waals surface area contributed by atoms with Crippen LogP contribution in [0.5, 0.6) is 0 Å². The molecule has 0 unspecified atom stereocenters. The van der Waals surface area contributed by atoms with Gasteiger partial charge in [0.05, 0.1) is 37.2 Å². The lowest BCUT2D eigenvalue weighted by molar-refractivity contribution is -0.117. The number of nitrogens with two attached hydrogens (primary N) is 1. The highest BCUT2D eigenvalue weighted by molar-refractivity contribution is 5.90. The largest absolute Gasteiger partial charge is 0.459 e. The third-order valence-electron chi connectivity index (χ3n) is 6.22. The van der Waals surface area contributed by atoms with Crippen LogP contribution in [-0.2, 0) is 16.1 Å². The Hall–Kier alpha value is -3.66. The molecule has 9 nitrogen and oxygen atoms in total. The summed E-state index contributed by atoms with van der Waals surface area (Å²) in [6.07, 6.45) is 1.59. The van der Waals surface area contributed by atoms with Gasteiger partial charge in [-0.05, 0) is 43.7 Å². The monoisotopic (exact) mass is 497 g/mol. The number of piperazine rings is 1. The van der Waals surface area contributed by atoms with E-state index in [9.17, 15) is 9.59 Å². The second kappa shape index (κ2) is 11.4. The Balaban J connectivity index is 1.29. The number of carbonyl (C=O) groups excluding carboxylic acids is 2. The van der Waals surface area contributed by atoms with Gasteiger partial charge in [-0.1, -0.05) is 6.58 Å². The molecule has 0 aliphatic carbocycles. The van der Waals surface area contributed by atoms with Crippen molar-refractivity contribution in [1.29, 1.82) is 0 Å². The molecule has 2 N–H and O–H groups in total. The Bertz CT molecular complexity index is 1140. The Morgan fingerprint density at radius 3 is 2.72 bits per heavy atom. The topological polar surface area (TPSA) is 105 Å². The van der Waals surface area contributed by atoms with Crippen LogP contribution < -0.4 is 15.5 Å². The summed E-state index contributed by atoms with van der Waals surface area (Å²) in [5, 5.41) is 0. The number of aliphatic imine (C=N–C) groups is 1. The molecule has 0 bridgehead atoms. The van der Waals surface area contributed by atoms with Gasteiger partial charge in [0.1, 0.15) is 29.2 Å². The summed E-state index contributed by atoms with van der Waals surface area (Å²) >= 11 is 0. The van der Waals surface area contributed by atoms with Gasteiger partial charge in [0.15, 0.2) is 0 Å². The summed E-state index contributed by atoms with van der Waals surface area (Å²) in [5.74, 6) is 1.18. The van der Waals surface area contributed by atoms with Gasteiger partial charge >= 0.3 is 6.09 Å². The predicted octanol–water partition coefficient (Wildman–Crippen LogP) is 3.33. The van der Waals surface area contributed by atoms with Crippen molar-refractivity contribution in [1.82, 2.24) is 4.90 Å². The van der Waals surface area contributed by atoms with E-state index in [0.717, 1.165) is 18.8 Å². The van der Waals surface area contributed by atoms with E-state index >= 15 is 4.39 Å². The number of anilines is 2. The fourth-order valence-electron chi connectivity index (χ4n) is 4.34. The van der Waals surface area contributed by atoms with E-state index in [1.807, 2.05) is 17.0 Å². The zero-order chi connectivity index (χ0) is 25.7. The van der Waals surface area contributed by atoms with Crippen LogP contribution in [0.2, 0.25) is 0 Å². The lowest BCUT2D eigenvalue weighted by atomic mass is 10.1. The molecule has 1 atom stereocenters. The van der Waals surface area contributed by atoms with Gasteiger partial charge in [0, 0.05) is 38.3 Å². The van der Waals surface area contributed by atoms with Crippen molar-refractivity contribution in [2.75, 3.05) is 49.1 Å². The molecule has 4 rings (SSSR count). The fraction of sp³-hybridized carbons (Fsp3) is 0.423. The van der Waals surface area contributed by atoms with Gasteiger partial charge < -0.3 is 24.6 Å². The Labute approximate surface area is 210 Å². The van der Waals surface area contributed by atoms with Crippen LogP contribution in [0, 0.1) is 5.82 Å². The molecule has 0 saturated carbocycles. The third kappa shape index (κ3) is 6.51. The number of hydrogen-bond donors (Lipinski definition) is 1. The van der Waals surface area contributed by atoms with Gasteiger partial charge in [-0.3, -0.25) is 14.8 Å². The summed E-state index contributed by atoms with van der Waals surface area (Å²) in [4.78, 5) is 33.3. The average molecular weight is 498 g/mol. The summed E-state index contributed by atoms with van der Waals surface area (Å²) in [5.41, 5.74) is 6.97. The van der Waals surface area contributed by atoms with Crippen LogP contribution in [0.25, 0.3) is 0 Å². The first-order chi connectivity index (χ1) is 17.3. The molecule has 10 heteroatoms. The van der Waals surface area contributed by atoms with Crippen molar-refractivity contribution in [3.8, 4) is 0 Å².